The van der Waals surface area contributed by atoms with Crippen molar-refractivity contribution in [3.05, 3.63) is 41.0 Å². The number of hydrogen-bond donors (Lipinski definition) is 0. The van der Waals surface area contributed by atoms with E-state index in [-0.39, 0.29) is 0 Å². The summed E-state index contributed by atoms with van der Waals surface area (Å²) in [5, 5.41) is 0. The molecule has 0 spiro atoms. The van der Waals surface area contributed by atoms with Crippen LogP contribution in [0, 0.1) is 6.92 Å². The predicted molar refractivity (Wildman–Crippen MR) is 54.7 cm³/mol. The molecule has 13 heavy (non-hydrogen) atoms. The number of benzene rings is 1. The zero-order valence-electron chi connectivity index (χ0n) is 8.46. The maximum atomic E-state index is 2.48. The number of aryl methyl sites for hydroxylation is 1. The molecule has 2 rings (SSSR count). The molecule has 1 aliphatic carbocycles. The summed E-state index contributed by atoms with van der Waals surface area (Å²) in [6, 6.07) is 6.83. The van der Waals surface area contributed by atoms with Crippen LogP contribution in [0.25, 0.3) is 6.08 Å². The molecule has 1 aromatic carbocycles. The number of fused-ring (bicyclic) bond motifs is 1. The van der Waals surface area contributed by atoms with Gasteiger partial charge in [-0.2, -0.15) is 0 Å². The van der Waals surface area contributed by atoms with Crippen LogP contribution in [0.2, 0.25) is 9.26 Å². The molecule has 0 amide bonds. The van der Waals surface area contributed by atoms with E-state index in [2.05, 4.69) is 46.5 Å². The monoisotopic (exact) mass is 249 g/mol. The first-order valence-electron chi connectivity index (χ1n) is 4.77. The van der Waals surface area contributed by atoms with Gasteiger partial charge in [0.1, 0.15) is 0 Å². The van der Waals surface area contributed by atoms with Gasteiger partial charge in [0, 0.05) is 0 Å². The van der Waals surface area contributed by atoms with Crippen LogP contribution in [0.3, 0.4) is 0 Å². The molecule has 0 radical (unpaired) electrons. The van der Waals surface area contributed by atoms with Crippen molar-refractivity contribution in [2.45, 2.75) is 19.8 Å². The summed E-state index contributed by atoms with van der Waals surface area (Å²) in [5.74, 6) is 0. The Bertz CT molecular complexity index is 350. The molecule has 0 N–H and O–H groups in total. The molecule has 0 bridgehead atoms. The number of rotatable bonds is 1. The van der Waals surface area contributed by atoms with Crippen LogP contribution in [0.5, 0.6) is 0 Å². The average molecular weight is 250 g/mol. The summed E-state index contributed by atoms with van der Waals surface area (Å²) in [5.41, 5.74) is 4.45. The zero-order valence-corrected chi connectivity index (χ0v) is 10.9. The summed E-state index contributed by atoms with van der Waals surface area (Å²) in [6.07, 6.45) is 4.71. The van der Waals surface area contributed by atoms with Crippen molar-refractivity contribution in [1.29, 1.82) is 0 Å². The molecular formula is C12H15Zr. The first-order valence-corrected chi connectivity index (χ1v) is 11.1. The Morgan fingerprint density at radius 1 is 1.23 bits per heavy atom. The molecule has 1 aliphatic rings. The second-order valence-electron chi connectivity index (χ2n) is 4.05. The van der Waals surface area contributed by atoms with Crippen molar-refractivity contribution >= 4 is 6.08 Å². The molecule has 0 aromatic heterocycles. The van der Waals surface area contributed by atoms with Gasteiger partial charge in [-0.1, -0.05) is 0 Å². The van der Waals surface area contributed by atoms with Gasteiger partial charge in [-0.15, -0.1) is 0 Å². The summed E-state index contributed by atoms with van der Waals surface area (Å²) in [4.78, 5) is 0. The van der Waals surface area contributed by atoms with Crippen molar-refractivity contribution in [3.8, 4) is 0 Å². The molecule has 0 unspecified atom stereocenters. The van der Waals surface area contributed by atoms with E-state index in [9.17, 15) is 0 Å². The minimum atomic E-state index is -1.10. The van der Waals surface area contributed by atoms with Crippen molar-refractivity contribution in [2.75, 3.05) is 0 Å². The first-order chi connectivity index (χ1) is 6.18. The van der Waals surface area contributed by atoms with Crippen LogP contribution in [0.1, 0.15) is 20.3 Å². The van der Waals surface area contributed by atoms with Gasteiger partial charge in [0.2, 0.25) is 0 Å². The van der Waals surface area contributed by atoms with E-state index in [0.29, 0.717) is 0 Å². The predicted octanol–water partition coefficient (Wildman–Crippen LogP) is 3.78. The molecule has 0 saturated carbocycles. The second-order valence-corrected chi connectivity index (χ2v) is 10.9. The number of hydrogen-bond acceptors (Lipinski definition) is 0. The Labute approximate surface area is 88.3 Å². The number of allylic oxidation sites excluding steroid dienone is 1. The summed E-state index contributed by atoms with van der Waals surface area (Å²) < 4.78 is 5.79. The van der Waals surface area contributed by atoms with Crippen LogP contribution >= 0.6 is 0 Å². The normalized spacial score (nSPS) is 18.8. The molecule has 1 heteroatoms. The van der Waals surface area contributed by atoms with Gasteiger partial charge in [0.05, 0.1) is 0 Å². The van der Waals surface area contributed by atoms with Crippen LogP contribution in [0.4, 0.5) is 0 Å². The fourth-order valence-corrected chi connectivity index (χ4v) is 5.25. The molecule has 1 aromatic rings. The SMILES string of the molecule is Cc1ccc2c(c1)[C@@H]([Zr]([CH3])[CH3])C=C2. The van der Waals surface area contributed by atoms with E-state index in [4.69, 9.17) is 0 Å². The molecule has 1 atom stereocenters. The van der Waals surface area contributed by atoms with Crippen LogP contribution in [-0.2, 0) is 21.8 Å². The summed E-state index contributed by atoms with van der Waals surface area (Å²) in [6.45, 7) is 2.18. The van der Waals surface area contributed by atoms with E-state index in [1.54, 1.807) is 5.56 Å². The van der Waals surface area contributed by atoms with Gasteiger partial charge >= 0.3 is 88.6 Å². The molecule has 0 saturated heterocycles. The molecule has 67 valence electrons. The van der Waals surface area contributed by atoms with Gasteiger partial charge in [-0.05, 0) is 0 Å². The molecule has 0 fully saturated rings. The average Bonchev–Trinajstić information content (AvgIpc) is 2.46. The Hall–Kier alpha value is -0.157. The van der Waals surface area contributed by atoms with Crippen LogP contribution < -0.4 is 0 Å². The van der Waals surface area contributed by atoms with Gasteiger partial charge in [0.25, 0.3) is 0 Å². The van der Waals surface area contributed by atoms with Crippen LogP contribution in [0.15, 0.2) is 24.3 Å². The molecule has 0 aliphatic heterocycles. The maximum absolute atomic E-state index is 2.48. The van der Waals surface area contributed by atoms with Crippen molar-refractivity contribution in [1.82, 2.24) is 0 Å². The molecule has 0 heterocycles. The van der Waals surface area contributed by atoms with Crippen molar-refractivity contribution < 1.29 is 21.8 Å². The third kappa shape index (κ3) is 1.72. The molecular weight excluding hydrogens is 235 g/mol. The quantitative estimate of drug-likeness (QED) is 0.711. The summed E-state index contributed by atoms with van der Waals surface area (Å²) >= 11 is -1.10. The third-order valence-corrected chi connectivity index (χ3v) is 6.96. The van der Waals surface area contributed by atoms with Gasteiger partial charge in [-0.3, -0.25) is 0 Å². The Balaban J connectivity index is 2.45. The summed E-state index contributed by atoms with van der Waals surface area (Å²) in [7, 11) is 0. The standard InChI is InChI=1S/C10H9.2CH3.Zr/c1-8-5-6-9-3-2-4-10(9)7-8;;;/h2-7H,1H3;2*1H3;. The van der Waals surface area contributed by atoms with Crippen LogP contribution in [-0.4, -0.2) is 0 Å². The van der Waals surface area contributed by atoms with E-state index < -0.39 is 21.8 Å². The fourth-order valence-electron chi connectivity index (χ4n) is 1.92. The second kappa shape index (κ2) is 3.54. The third-order valence-electron chi connectivity index (χ3n) is 2.67. The Morgan fingerprint density at radius 3 is 2.69 bits per heavy atom. The fraction of sp³-hybridized carbons (Fsp3) is 0.333. The topological polar surface area (TPSA) is 0 Å². The van der Waals surface area contributed by atoms with Crippen molar-refractivity contribution in [2.24, 2.45) is 0 Å². The Kier molecular flexibility index (Phi) is 2.56. The van der Waals surface area contributed by atoms with Gasteiger partial charge in [0.15, 0.2) is 0 Å². The first kappa shape index (κ1) is 9.40. The van der Waals surface area contributed by atoms with E-state index >= 15 is 0 Å². The Morgan fingerprint density at radius 2 is 2.00 bits per heavy atom. The minimum absolute atomic E-state index is 0.831. The van der Waals surface area contributed by atoms with E-state index in [1.807, 2.05) is 0 Å². The van der Waals surface area contributed by atoms with E-state index in [0.717, 1.165) is 3.63 Å². The van der Waals surface area contributed by atoms with Gasteiger partial charge in [-0.25, -0.2) is 0 Å². The van der Waals surface area contributed by atoms with Gasteiger partial charge < -0.3 is 0 Å². The van der Waals surface area contributed by atoms with Crippen molar-refractivity contribution in [3.63, 3.8) is 0 Å². The van der Waals surface area contributed by atoms with E-state index in [1.165, 1.54) is 11.1 Å². The zero-order chi connectivity index (χ0) is 9.42. The molecule has 0 nitrogen and oxygen atoms in total.